The summed E-state index contributed by atoms with van der Waals surface area (Å²) < 4.78 is 5.29. The normalized spacial score (nSPS) is 10.5. The minimum atomic E-state index is 0.359. The average Bonchev–Trinajstić information content (AvgIpc) is 3.28. The van der Waals surface area contributed by atoms with Crippen LogP contribution in [0.3, 0.4) is 0 Å². The van der Waals surface area contributed by atoms with Gasteiger partial charge in [-0.1, -0.05) is 65.8 Å². The largest absolute Gasteiger partial charge is 0.353 e. The van der Waals surface area contributed by atoms with Crippen LogP contribution in [0.5, 0.6) is 0 Å². The van der Waals surface area contributed by atoms with Crippen LogP contribution in [-0.2, 0) is 12.3 Å². The average molecular weight is 433 g/mol. The summed E-state index contributed by atoms with van der Waals surface area (Å²) in [6, 6.07) is 28.3. The summed E-state index contributed by atoms with van der Waals surface area (Å²) in [5.41, 5.74) is 3.10. The fraction of sp³-hybridized carbons (Fsp3) is 0.0870. The third kappa shape index (κ3) is 5.68. The Balaban J connectivity index is 1.24. The van der Waals surface area contributed by atoms with Gasteiger partial charge in [-0.3, -0.25) is 0 Å². The van der Waals surface area contributed by atoms with Gasteiger partial charge in [0.15, 0.2) is 5.11 Å². The van der Waals surface area contributed by atoms with E-state index in [1.165, 1.54) is 10.5 Å². The minimum Gasteiger partial charge on any atom is -0.353 e. The molecule has 0 unspecified atom stereocenters. The summed E-state index contributed by atoms with van der Waals surface area (Å²) in [6.07, 6.45) is 0. The second-order valence-corrected chi connectivity index (χ2v) is 7.94. The lowest BCUT2D eigenvalue weighted by Gasteiger charge is -2.09. The van der Waals surface area contributed by atoms with Crippen molar-refractivity contribution in [2.75, 3.05) is 5.32 Å². The highest BCUT2D eigenvalue weighted by atomic mass is 32.2. The van der Waals surface area contributed by atoms with E-state index in [9.17, 15) is 0 Å². The second kappa shape index (κ2) is 10.0. The van der Waals surface area contributed by atoms with Gasteiger partial charge >= 0.3 is 0 Å². The fourth-order valence-electron chi connectivity index (χ4n) is 2.73. The molecule has 0 spiro atoms. The van der Waals surface area contributed by atoms with Crippen molar-refractivity contribution in [2.24, 2.45) is 0 Å². The van der Waals surface area contributed by atoms with Crippen LogP contribution in [0.15, 0.2) is 94.3 Å². The van der Waals surface area contributed by atoms with Crippen molar-refractivity contribution in [1.29, 1.82) is 0 Å². The molecule has 0 aliphatic carbocycles. The molecule has 5 nitrogen and oxygen atoms in total. The summed E-state index contributed by atoms with van der Waals surface area (Å²) in [6.45, 7) is 0.359. The Morgan fingerprint density at radius 3 is 2.33 bits per heavy atom. The first-order valence-electron chi connectivity index (χ1n) is 9.46. The Bertz CT molecular complexity index is 1080. The molecular formula is C23H20N4OS2. The van der Waals surface area contributed by atoms with Crippen molar-refractivity contribution in [1.82, 2.24) is 15.5 Å². The van der Waals surface area contributed by atoms with Crippen LogP contribution >= 0.6 is 24.0 Å². The maximum atomic E-state index is 5.37. The van der Waals surface area contributed by atoms with Crippen molar-refractivity contribution in [3.8, 4) is 11.4 Å². The first-order valence-corrected chi connectivity index (χ1v) is 10.9. The SMILES string of the molecule is S=C(NCc1nc(-c2ccccc2)no1)Nc1ccc(CSc2ccccc2)cc1. The highest BCUT2D eigenvalue weighted by Crippen LogP contribution is 2.23. The first-order chi connectivity index (χ1) is 14.8. The molecule has 0 saturated heterocycles. The van der Waals surface area contributed by atoms with Crippen molar-refractivity contribution < 1.29 is 4.52 Å². The Kier molecular flexibility index (Phi) is 6.74. The molecule has 4 rings (SSSR count). The van der Waals surface area contributed by atoms with E-state index < -0.39 is 0 Å². The predicted molar refractivity (Wildman–Crippen MR) is 125 cm³/mol. The van der Waals surface area contributed by atoms with Gasteiger partial charge < -0.3 is 15.2 Å². The summed E-state index contributed by atoms with van der Waals surface area (Å²) in [5.74, 6) is 1.97. The number of thiocarbonyl (C=S) groups is 1. The molecule has 3 aromatic carbocycles. The zero-order chi connectivity index (χ0) is 20.6. The van der Waals surface area contributed by atoms with Gasteiger partial charge in [0.2, 0.25) is 11.7 Å². The van der Waals surface area contributed by atoms with E-state index in [0.29, 0.717) is 23.4 Å². The molecule has 1 aromatic heterocycles. The topological polar surface area (TPSA) is 63.0 Å². The zero-order valence-corrected chi connectivity index (χ0v) is 17.7. The van der Waals surface area contributed by atoms with Crippen LogP contribution in [0.1, 0.15) is 11.5 Å². The van der Waals surface area contributed by atoms with E-state index in [1.807, 2.05) is 60.3 Å². The van der Waals surface area contributed by atoms with Crippen molar-refractivity contribution in [3.63, 3.8) is 0 Å². The smallest absolute Gasteiger partial charge is 0.246 e. The number of anilines is 1. The molecule has 0 amide bonds. The van der Waals surface area contributed by atoms with E-state index in [4.69, 9.17) is 16.7 Å². The second-order valence-electron chi connectivity index (χ2n) is 6.48. The lowest BCUT2D eigenvalue weighted by Crippen LogP contribution is -2.28. The van der Waals surface area contributed by atoms with Crippen LogP contribution < -0.4 is 10.6 Å². The number of nitrogens with one attached hydrogen (secondary N) is 2. The lowest BCUT2D eigenvalue weighted by molar-refractivity contribution is 0.376. The fourth-order valence-corrected chi connectivity index (χ4v) is 3.80. The van der Waals surface area contributed by atoms with E-state index in [0.717, 1.165) is 17.0 Å². The zero-order valence-electron chi connectivity index (χ0n) is 16.1. The maximum Gasteiger partial charge on any atom is 0.246 e. The third-order valence-corrected chi connectivity index (χ3v) is 5.59. The Morgan fingerprint density at radius 2 is 1.60 bits per heavy atom. The van der Waals surface area contributed by atoms with Gasteiger partial charge in [-0.15, -0.1) is 11.8 Å². The van der Waals surface area contributed by atoms with E-state index in [-0.39, 0.29) is 0 Å². The summed E-state index contributed by atoms with van der Waals surface area (Å²) in [5, 5.41) is 10.8. The van der Waals surface area contributed by atoms with Gasteiger partial charge in [0.05, 0.1) is 6.54 Å². The highest BCUT2D eigenvalue weighted by molar-refractivity contribution is 7.98. The summed E-state index contributed by atoms with van der Waals surface area (Å²) in [4.78, 5) is 5.65. The van der Waals surface area contributed by atoms with E-state index in [2.05, 4.69) is 57.2 Å². The summed E-state index contributed by atoms with van der Waals surface area (Å²) in [7, 11) is 0. The van der Waals surface area contributed by atoms with Crippen molar-refractivity contribution >= 4 is 34.8 Å². The van der Waals surface area contributed by atoms with Crippen LogP contribution in [0.2, 0.25) is 0 Å². The maximum absolute atomic E-state index is 5.37. The molecule has 7 heteroatoms. The molecular weight excluding hydrogens is 412 g/mol. The van der Waals surface area contributed by atoms with Crippen LogP contribution in [0, 0.1) is 0 Å². The Labute approximate surface area is 184 Å². The van der Waals surface area contributed by atoms with Gasteiger partial charge in [0, 0.05) is 21.9 Å². The first kappa shape index (κ1) is 20.1. The number of thioether (sulfide) groups is 1. The van der Waals surface area contributed by atoms with Crippen LogP contribution in [-0.4, -0.2) is 15.3 Å². The standard InChI is InChI=1S/C23H20N4OS2/c29-23(24-15-21-26-22(27-28-21)18-7-3-1-4-8-18)25-19-13-11-17(12-14-19)16-30-20-9-5-2-6-10-20/h1-14H,15-16H2,(H2,24,25,29). The molecule has 30 heavy (non-hydrogen) atoms. The molecule has 150 valence electrons. The van der Waals surface area contributed by atoms with E-state index in [1.54, 1.807) is 0 Å². The monoisotopic (exact) mass is 432 g/mol. The molecule has 0 atom stereocenters. The van der Waals surface area contributed by atoms with Crippen molar-refractivity contribution in [2.45, 2.75) is 17.2 Å². The van der Waals surface area contributed by atoms with Gasteiger partial charge in [-0.05, 0) is 42.0 Å². The molecule has 0 radical (unpaired) electrons. The molecule has 0 aliphatic rings. The number of rotatable bonds is 7. The molecule has 0 bridgehead atoms. The van der Waals surface area contributed by atoms with Crippen molar-refractivity contribution in [3.05, 3.63) is 96.4 Å². The minimum absolute atomic E-state index is 0.359. The number of hydrogen-bond acceptors (Lipinski definition) is 5. The van der Waals surface area contributed by atoms with Crippen LogP contribution in [0.4, 0.5) is 5.69 Å². The highest BCUT2D eigenvalue weighted by Gasteiger charge is 2.08. The molecule has 2 N–H and O–H groups in total. The number of aromatic nitrogens is 2. The molecule has 0 fully saturated rings. The summed E-state index contributed by atoms with van der Waals surface area (Å²) >= 11 is 7.18. The number of hydrogen-bond donors (Lipinski definition) is 2. The molecule has 4 aromatic rings. The quantitative estimate of drug-likeness (QED) is 0.295. The lowest BCUT2D eigenvalue weighted by atomic mass is 10.2. The Morgan fingerprint density at radius 1 is 0.900 bits per heavy atom. The van der Waals surface area contributed by atoms with Gasteiger partial charge in [0.1, 0.15) is 0 Å². The number of benzene rings is 3. The van der Waals surface area contributed by atoms with Gasteiger partial charge in [-0.2, -0.15) is 4.98 Å². The van der Waals surface area contributed by atoms with Gasteiger partial charge in [-0.25, -0.2) is 0 Å². The molecule has 0 aliphatic heterocycles. The van der Waals surface area contributed by atoms with Crippen LogP contribution in [0.25, 0.3) is 11.4 Å². The third-order valence-electron chi connectivity index (χ3n) is 4.26. The Hall–Kier alpha value is -3.16. The molecule has 1 heterocycles. The van der Waals surface area contributed by atoms with E-state index >= 15 is 0 Å². The molecule has 0 saturated carbocycles. The van der Waals surface area contributed by atoms with Gasteiger partial charge in [0.25, 0.3) is 0 Å². The predicted octanol–water partition coefficient (Wildman–Crippen LogP) is 5.52. The number of nitrogens with zero attached hydrogens (tertiary/aromatic N) is 2.